The van der Waals surface area contributed by atoms with Crippen LogP contribution in [-0.4, -0.2) is 15.0 Å². The van der Waals surface area contributed by atoms with Gasteiger partial charge in [0.2, 0.25) is 0 Å². The van der Waals surface area contributed by atoms with E-state index in [0.717, 1.165) is 0 Å². The van der Waals surface area contributed by atoms with Crippen molar-refractivity contribution in [3.8, 4) is 0 Å². The lowest BCUT2D eigenvalue weighted by atomic mass is 10.4. The number of hydrogen-bond acceptors (Lipinski definition) is 3. The zero-order valence-corrected chi connectivity index (χ0v) is 8.24. The number of hydrogen-bond donors (Lipinski definition) is 0. The Labute approximate surface area is 82.5 Å². The SMILES string of the molecule is C=CCOS(=O)(=O)c1ccccc1.F. The monoisotopic (exact) mass is 218 g/mol. The third kappa shape index (κ3) is 3.27. The van der Waals surface area contributed by atoms with Crippen LogP contribution in [-0.2, 0) is 14.3 Å². The van der Waals surface area contributed by atoms with Crippen molar-refractivity contribution in [2.45, 2.75) is 4.90 Å². The van der Waals surface area contributed by atoms with E-state index < -0.39 is 10.1 Å². The molecule has 1 rings (SSSR count). The van der Waals surface area contributed by atoms with E-state index in [1.807, 2.05) is 0 Å². The maximum Gasteiger partial charge on any atom is 0.297 e. The minimum absolute atomic E-state index is 0. The Balaban J connectivity index is 0.00000169. The summed E-state index contributed by atoms with van der Waals surface area (Å²) in [4.78, 5) is 0.164. The lowest BCUT2D eigenvalue weighted by molar-refractivity contribution is 0.357. The lowest BCUT2D eigenvalue weighted by Gasteiger charge is -2.01. The number of halogens is 1. The van der Waals surface area contributed by atoms with Gasteiger partial charge in [-0.1, -0.05) is 24.3 Å². The number of rotatable bonds is 4. The molecule has 0 aromatic heterocycles. The summed E-state index contributed by atoms with van der Waals surface area (Å²) in [5, 5.41) is 0. The molecule has 0 atom stereocenters. The first-order valence-electron chi connectivity index (χ1n) is 3.72. The van der Waals surface area contributed by atoms with Gasteiger partial charge < -0.3 is 0 Å². The van der Waals surface area contributed by atoms with E-state index in [1.54, 1.807) is 18.2 Å². The molecule has 1 aromatic rings. The van der Waals surface area contributed by atoms with E-state index in [4.69, 9.17) is 0 Å². The predicted molar refractivity (Wildman–Crippen MR) is 52.3 cm³/mol. The molecule has 3 nitrogen and oxygen atoms in total. The van der Waals surface area contributed by atoms with E-state index in [1.165, 1.54) is 18.2 Å². The molecule has 0 bridgehead atoms. The zero-order valence-electron chi connectivity index (χ0n) is 7.42. The molecule has 0 spiro atoms. The first-order valence-corrected chi connectivity index (χ1v) is 5.13. The molecule has 14 heavy (non-hydrogen) atoms. The van der Waals surface area contributed by atoms with Gasteiger partial charge in [0.05, 0.1) is 11.5 Å². The Bertz CT molecular complexity index is 372. The molecule has 0 saturated heterocycles. The Morgan fingerprint density at radius 3 is 2.36 bits per heavy atom. The van der Waals surface area contributed by atoms with Crippen LogP contribution in [0.2, 0.25) is 0 Å². The van der Waals surface area contributed by atoms with Crippen LogP contribution in [0, 0.1) is 0 Å². The summed E-state index contributed by atoms with van der Waals surface area (Å²) in [6, 6.07) is 8.00. The van der Waals surface area contributed by atoms with Crippen molar-refractivity contribution >= 4 is 10.1 Å². The second-order valence-electron chi connectivity index (χ2n) is 2.34. The highest BCUT2D eigenvalue weighted by molar-refractivity contribution is 7.86. The fraction of sp³-hybridized carbons (Fsp3) is 0.111. The smallest absolute Gasteiger partial charge is 0.269 e. The Kier molecular flexibility index (Phi) is 5.04. The maximum atomic E-state index is 11.3. The molecule has 0 heterocycles. The Hall–Kier alpha value is -1.20. The maximum absolute atomic E-state index is 11.3. The fourth-order valence-corrected chi connectivity index (χ4v) is 1.69. The van der Waals surface area contributed by atoms with Crippen molar-refractivity contribution in [1.29, 1.82) is 0 Å². The van der Waals surface area contributed by atoms with Crippen molar-refractivity contribution < 1.29 is 17.3 Å². The molecule has 0 aliphatic heterocycles. The molecule has 0 N–H and O–H groups in total. The highest BCUT2D eigenvalue weighted by Crippen LogP contribution is 2.10. The van der Waals surface area contributed by atoms with Gasteiger partial charge in [-0.25, -0.2) is 0 Å². The predicted octanol–water partition coefficient (Wildman–Crippen LogP) is 1.73. The van der Waals surface area contributed by atoms with Crippen LogP contribution >= 0.6 is 0 Å². The topological polar surface area (TPSA) is 43.4 Å². The van der Waals surface area contributed by atoms with E-state index in [9.17, 15) is 8.42 Å². The van der Waals surface area contributed by atoms with Gasteiger partial charge in [-0.3, -0.25) is 8.89 Å². The van der Waals surface area contributed by atoms with Gasteiger partial charge in [-0.2, -0.15) is 8.42 Å². The summed E-state index contributed by atoms with van der Waals surface area (Å²) in [6.45, 7) is 3.37. The van der Waals surface area contributed by atoms with Gasteiger partial charge >= 0.3 is 0 Å². The first kappa shape index (κ1) is 12.8. The van der Waals surface area contributed by atoms with Crippen LogP contribution in [0.5, 0.6) is 0 Å². The fourth-order valence-electron chi connectivity index (χ4n) is 0.793. The average Bonchev–Trinajstić information content (AvgIpc) is 2.16. The normalized spacial score (nSPS) is 10.3. The minimum Gasteiger partial charge on any atom is -0.269 e. The number of benzene rings is 1. The molecular weight excluding hydrogens is 207 g/mol. The van der Waals surface area contributed by atoms with E-state index in [-0.39, 0.29) is 16.2 Å². The van der Waals surface area contributed by atoms with Gasteiger partial charge in [0.15, 0.2) is 0 Å². The molecule has 5 heteroatoms. The third-order valence-electron chi connectivity index (χ3n) is 1.37. The van der Waals surface area contributed by atoms with E-state index >= 15 is 0 Å². The zero-order chi connectivity index (χ0) is 9.73. The van der Waals surface area contributed by atoms with E-state index in [2.05, 4.69) is 10.8 Å². The van der Waals surface area contributed by atoms with Crippen molar-refractivity contribution in [3.05, 3.63) is 43.0 Å². The summed E-state index contributed by atoms with van der Waals surface area (Å²) in [5.74, 6) is 0. The van der Waals surface area contributed by atoms with Crippen LogP contribution in [0.4, 0.5) is 4.70 Å². The molecule has 1 aromatic carbocycles. The van der Waals surface area contributed by atoms with Gasteiger partial charge in [0.25, 0.3) is 10.1 Å². The molecule has 0 aliphatic carbocycles. The summed E-state index contributed by atoms with van der Waals surface area (Å²) < 4.78 is 27.3. The van der Waals surface area contributed by atoms with Gasteiger partial charge in [0, 0.05) is 0 Å². The lowest BCUT2D eigenvalue weighted by Crippen LogP contribution is -2.05. The van der Waals surface area contributed by atoms with Crippen LogP contribution in [0.15, 0.2) is 47.9 Å². The molecule has 78 valence electrons. The van der Waals surface area contributed by atoms with Crippen LogP contribution in [0.3, 0.4) is 0 Å². The second kappa shape index (κ2) is 5.51. The van der Waals surface area contributed by atoms with Crippen molar-refractivity contribution in [2.24, 2.45) is 0 Å². The quantitative estimate of drug-likeness (QED) is 0.571. The first-order chi connectivity index (χ1) is 6.17. The molecule has 0 amide bonds. The molecule has 0 radical (unpaired) electrons. The van der Waals surface area contributed by atoms with Crippen LogP contribution < -0.4 is 0 Å². The van der Waals surface area contributed by atoms with Gasteiger partial charge in [0.1, 0.15) is 0 Å². The summed E-state index contributed by atoms with van der Waals surface area (Å²) >= 11 is 0. The van der Waals surface area contributed by atoms with Crippen LogP contribution in [0.25, 0.3) is 0 Å². The van der Waals surface area contributed by atoms with Gasteiger partial charge in [-0.15, -0.1) is 6.58 Å². The molecule has 0 fully saturated rings. The van der Waals surface area contributed by atoms with Crippen LogP contribution in [0.1, 0.15) is 0 Å². The van der Waals surface area contributed by atoms with Gasteiger partial charge in [-0.05, 0) is 12.1 Å². The standard InChI is InChI=1S/C9H10O3S.FH/c1-2-8-12-13(10,11)9-6-4-3-5-7-9;/h2-7H,1,8H2;1H. The molecule has 0 aliphatic rings. The largest absolute Gasteiger partial charge is 0.297 e. The minimum atomic E-state index is -3.59. The molecule has 0 saturated carbocycles. The van der Waals surface area contributed by atoms with Crippen molar-refractivity contribution in [2.75, 3.05) is 6.61 Å². The van der Waals surface area contributed by atoms with Crippen molar-refractivity contribution in [3.63, 3.8) is 0 Å². The Morgan fingerprint density at radius 1 is 1.29 bits per heavy atom. The molecular formula is C9H11FO3S. The summed E-state index contributed by atoms with van der Waals surface area (Å²) in [5.41, 5.74) is 0. The average molecular weight is 218 g/mol. The molecule has 0 unspecified atom stereocenters. The highest BCUT2D eigenvalue weighted by atomic mass is 32.2. The highest BCUT2D eigenvalue weighted by Gasteiger charge is 2.12. The summed E-state index contributed by atoms with van der Waals surface area (Å²) in [7, 11) is -3.59. The third-order valence-corrected chi connectivity index (χ3v) is 2.67. The second-order valence-corrected chi connectivity index (χ2v) is 3.96. The Morgan fingerprint density at radius 2 is 1.86 bits per heavy atom. The van der Waals surface area contributed by atoms with Crippen molar-refractivity contribution in [1.82, 2.24) is 0 Å². The summed E-state index contributed by atoms with van der Waals surface area (Å²) in [6.07, 6.45) is 1.39. The van der Waals surface area contributed by atoms with E-state index in [0.29, 0.717) is 0 Å².